The van der Waals surface area contributed by atoms with Crippen LogP contribution in [0.2, 0.25) is 0 Å². The first-order chi connectivity index (χ1) is 7.56. The minimum absolute atomic E-state index is 0.0863. The average molecular weight is 231 g/mol. The first-order valence-electron chi connectivity index (χ1n) is 5.04. The Hall–Kier alpha value is -1.14. The monoisotopic (exact) mass is 231 g/mol. The van der Waals surface area contributed by atoms with Crippen LogP contribution in [0, 0.1) is 0 Å². The maximum Gasteiger partial charge on any atom is 0.334 e. The molecule has 1 rings (SSSR count). The lowest BCUT2D eigenvalue weighted by Gasteiger charge is -2.46. The highest BCUT2D eigenvalue weighted by Gasteiger charge is 2.55. The zero-order chi connectivity index (χ0) is 12.2. The summed E-state index contributed by atoms with van der Waals surface area (Å²) >= 11 is 0. The summed E-state index contributed by atoms with van der Waals surface area (Å²) in [5.41, 5.74) is -1.04. The van der Waals surface area contributed by atoms with Gasteiger partial charge >= 0.3 is 5.97 Å². The minimum atomic E-state index is -1.04. The van der Waals surface area contributed by atoms with E-state index in [0.29, 0.717) is 12.8 Å². The van der Waals surface area contributed by atoms with Crippen LogP contribution in [0.15, 0.2) is 0 Å². The molecular weight excluding hydrogens is 214 g/mol. The first kappa shape index (κ1) is 12.9. The quantitative estimate of drug-likeness (QED) is 0.524. The Bertz CT molecular complexity index is 280. The van der Waals surface area contributed by atoms with E-state index in [2.05, 4.69) is 5.32 Å². The Kier molecular flexibility index (Phi) is 4.26. The maximum atomic E-state index is 11.7. The predicted molar refractivity (Wildman–Crippen MR) is 54.5 cm³/mol. The molecule has 6 heteroatoms. The Morgan fingerprint density at radius 2 is 2.12 bits per heavy atom. The highest BCUT2D eigenvalue weighted by atomic mass is 16.7. The third-order valence-electron chi connectivity index (χ3n) is 2.69. The fourth-order valence-electron chi connectivity index (χ4n) is 1.85. The van der Waals surface area contributed by atoms with Crippen LogP contribution in [0.5, 0.6) is 0 Å². The summed E-state index contributed by atoms with van der Waals surface area (Å²) in [6, 6.07) is 0. The average Bonchev–Trinajstić information content (AvgIpc) is 2.23. The summed E-state index contributed by atoms with van der Waals surface area (Å²) in [4.78, 5) is 22.8. The standard InChI is InChI=1S/C10H17NO5/c1-7(12)11-10(9(13)15-3)5-4-8(10)16-6-14-2/h8H,4-6H2,1-3H3,(H,11,12)/t8-,10+/m1/s1. The van der Waals surface area contributed by atoms with Crippen molar-refractivity contribution in [2.75, 3.05) is 21.0 Å². The number of methoxy groups -OCH3 is 2. The molecule has 1 aliphatic carbocycles. The van der Waals surface area contributed by atoms with Gasteiger partial charge in [0, 0.05) is 14.0 Å². The van der Waals surface area contributed by atoms with Gasteiger partial charge in [-0.1, -0.05) is 0 Å². The SMILES string of the molecule is COCO[C@@H]1CC[C@@]1(NC(C)=O)C(=O)OC. The molecule has 1 aliphatic rings. The summed E-state index contributed by atoms with van der Waals surface area (Å²) in [5, 5.41) is 2.61. The number of hydrogen-bond donors (Lipinski definition) is 1. The van der Waals surface area contributed by atoms with Crippen molar-refractivity contribution in [1.82, 2.24) is 5.32 Å². The second-order valence-electron chi connectivity index (χ2n) is 3.74. The molecule has 1 fully saturated rings. The van der Waals surface area contributed by atoms with Gasteiger partial charge in [-0.05, 0) is 12.8 Å². The van der Waals surface area contributed by atoms with Crippen LogP contribution in [0.25, 0.3) is 0 Å². The molecule has 1 saturated carbocycles. The maximum absolute atomic E-state index is 11.7. The van der Waals surface area contributed by atoms with E-state index in [0.717, 1.165) is 0 Å². The Balaban J connectivity index is 2.71. The van der Waals surface area contributed by atoms with E-state index >= 15 is 0 Å². The third-order valence-corrected chi connectivity index (χ3v) is 2.69. The number of carbonyl (C=O) groups is 2. The Morgan fingerprint density at radius 1 is 1.44 bits per heavy atom. The van der Waals surface area contributed by atoms with Gasteiger partial charge in [-0.15, -0.1) is 0 Å². The van der Waals surface area contributed by atoms with Crippen molar-refractivity contribution in [2.24, 2.45) is 0 Å². The molecule has 1 amide bonds. The summed E-state index contributed by atoms with van der Waals surface area (Å²) in [6.45, 7) is 1.44. The van der Waals surface area contributed by atoms with Crippen molar-refractivity contribution in [3.63, 3.8) is 0 Å². The van der Waals surface area contributed by atoms with E-state index in [9.17, 15) is 9.59 Å². The molecule has 6 nitrogen and oxygen atoms in total. The first-order valence-corrected chi connectivity index (χ1v) is 5.04. The predicted octanol–water partition coefficient (Wildman–Crippen LogP) is -0.183. The van der Waals surface area contributed by atoms with Crippen molar-refractivity contribution in [3.8, 4) is 0 Å². The van der Waals surface area contributed by atoms with Crippen LogP contribution in [0.4, 0.5) is 0 Å². The normalized spacial score (nSPS) is 28.1. The number of esters is 1. The largest absolute Gasteiger partial charge is 0.467 e. The van der Waals surface area contributed by atoms with Crippen LogP contribution < -0.4 is 5.32 Å². The second-order valence-corrected chi connectivity index (χ2v) is 3.74. The summed E-state index contributed by atoms with van der Waals surface area (Å²) < 4.78 is 14.8. The summed E-state index contributed by atoms with van der Waals surface area (Å²) in [6.07, 6.45) is 0.829. The topological polar surface area (TPSA) is 73.9 Å². The number of carbonyl (C=O) groups excluding carboxylic acids is 2. The van der Waals surface area contributed by atoms with Crippen LogP contribution in [0.1, 0.15) is 19.8 Å². The lowest BCUT2D eigenvalue weighted by atomic mass is 9.73. The van der Waals surface area contributed by atoms with E-state index in [4.69, 9.17) is 14.2 Å². The molecule has 0 saturated heterocycles. The minimum Gasteiger partial charge on any atom is -0.467 e. The van der Waals surface area contributed by atoms with Crippen molar-refractivity contribution >= 4 is 11.9 Å². The molecule has 0 heterocycles. The fraction of sp³-hybridized carbons (Fsp3) is 0.800. The molecule has 0 unspecified atom stereocenters. The molecule has 0 radical (unpaired) electrons. The highest BCUT2D eigenvalue weighted by Crippen LogP contribution is 2.36. The van der Waals surface area contributed by atoms with E-state index in [-0.39, 0.29) is 18.8 Å². The zero-order valence-electron chi connectivity index (χ0n) is 9.74. The molecule has 0 aromatic heterocycles. The van der Waals surface area contributed by atoms with E-state index in [1.165, 1.54) is 21.1 Å². The smallest absolute Gasteiger partial charge is 0.334 e. The summed E-state index contributed by atoms with van der Waals surface area (Å²) in [7, 11) is 2.79. The Labute approximate surface area is 94.2 Å². The molecule has 92 valence electrons. The lowest BCUT2D eigenvalue weighted by Crippen LogP contribution is -2.68. The number of rotatable bonds is 5. The van der Waals surface area contributed by atoms with Gasteiger partial charge in [-0.3, -0.25) is 4.79 Å². The molecular formula is C10H17NO5. The van der Waals surface area contributed by atoms with Crippen molar-refractivity contribution in [1.29, 1.82) is 0 Å². The van der Waals surface area contributed by atoms with Gasteiger partial charge in [0.2, 0.25) is 5.91 Å². The third kappa shape index (κ3) is 2.33. The lowest BCUT2D eigenvalue weighted by molar-refractivity contribution is -0.182. The molecule has 0 aromatic carbocycles. The van der Waals surface area contributed by atoms with E-state index < -0.39 is 11.5 Å². The van der Waals surface area contributed by atoms with Crippen LogP contribution in [-0.4, -0.2) is 44.5 Å². The van der Waals surface area contributed by atoms with Crippen LogP contribution >= 0.6 is 0 Å². The molecule has 0 aliphatic heterocycles. The van der Waals surface area contributed by atoms with Gasteiger partial charge in [-0.25, -0.2) is 4.79 Å². The van der Waals surface area contributed by atoms with E-state index in [1.54, 1.807) is 0 Å². The van der Waals surface area contributed by atoms with Gasteiger partial charge in [0.1, 0.15) is 6.79 Å². The van der Waals surface area contributed by atoms with Crippen molar-refractivity contribution in [3.05, 3.63) is 0 Å². The van der Waals surface area contributed by atoms with Gasteiger partial charge in [0.15, 0.2) is 5.54 Å². The molecule has 0 aromatic rings. The molecule has 0 bridgehead atoms. The summed E-state index contributed by atoms with van der Waals surface area (Å²) in [5.74, 6) is -0.758. The number of hydrogen-bond acceptors (Lipinski definition) is 5. The van der Waals surface area contributed by atoms with Gasteiger partial charge in [-0.2, -0.15) is 0 Å². The van der Waals surface area contributed by atoms with Gasteiger partial charge in [0.25, 0.3) is 0 Å². The highest BCUT2D eigenvalue weighted by molar-refractivity contribution is 5.89. The second kappa shape index (κ2) is 5.27. The number of nitrogens with one attached hydrogen (secondary N) is 1. The molecule has 1 N–H and O–H groups in total. The van der Waals surface area contributed by atoms with Gasteiger partial charge < -0.3 is 19.5 Å². The zero-order valence-corrected chi connectivity index (χ0v) is 9.74. The van der Waals surface area contributed by atoms with Crippen LogP contribution in [0.3, 0.4) is 0 Å². The molecule has 0 spiro atoms. The molecule has 16 heavy (non-hydrogen) atoms. The molecule has 2 atom stereocenters. The van der Waals surface area contributed by atoms with Crippen molar-refractivity contribution in [2.45, 2.75) is 31.4 Å². The fourth-order valence-corrected chi connectivity index (χ4v) is 1.85. The number of amides is 1. The van der Waals surface area contributed by atoms with Gasteiger partial charge in [0.05, 0.1) is 13.2 Å². The van der Waals surface area contributed by atoms with E-state index in [1.807, 2.05) is 0 Å². The Morgan fingerprint density at radius 3 is 2.50 bits per heavy atom. The van der Waals surface area contributed by atoms with Crippen LogP contribution in [-0.2, 0) is 23.8 Å². The number of ether oxygens (including phenoxy) is 3. The van der Waals surface area contributed by atoms with Crippen molar-refractivity contribution < 1.29 is 23.8 Å².